The van der Waals surface area contributed by atoms with Crippen molar-refractivity contribution in [3.63, 3.8) is 0 Å². The summed E-state index contributed by atoms with van der Waals surface area (Å²) < 4.78 is 0. The number of rotatable bonds is 7. The fourth-order valence-corrected chi connectivity index (χ4v) is 3.72. The molecule has 2 aliphatic rings. The van der Waals surface area contributed by atoms with Gasteiger partial charge in [-0.3, -0.25) is 0 Å². The van der Waals surface area contributed by atoms with Gasteiger partial charge >= 0.3 is 0 Å². The minimum absolute atomic E-state index is 0.686. The fraction of sp³-hybridized carbons (Fsp3) is 1.00. The van der Waals surface area contributed by atoms with Crippen LogP contribution in [0.2, 0.25) is 0 Å². The van der Waals surface area contributed by atoms with E-state index in [1.54, 1.807) is 0 Å². The molecule has 0 aromatic rings. The second-order valence-corrected chi connectivity index (χ2v) is 6.35. The van der Waals surface area contributed by atoms with Crippen molar-refractivity contribution >= 4 is 11.6 Å². The minimum atomic E-state index is 0.686. The van der Waals surface area contributed by atoms with Crippen LogP contribution in [-0.2, 0) is 0 Å². The molecule has 2 heteroatoms. The van der Waals surface area contributed by atoms with Crippen molar-refractivity contribution in [2.24, 2.45) is 23.7 Å². The molecule has 2 bridgehead atoms. The van der Waals surface area contributed by atoms with Gasteiger partial charge in [0.2, 0.25) is 0 Å². The van der Waals surface area contributed by atoms with Crippen molar-refractivity contribution in [2.45, 2.75) is 45.4 Å². The molecule has 0 amide bonds. The Bertz CT molecular complexity index is 207. The van der Waals surface area contributed by atoms with Crippen molar-refractivity contribution in [2.75, 3.05) is 19.0 Å². The highest BCUT2D eigenvalue weighted by Gasteiger charge is 2.38. The largest absolute Gasteiger partial charge is 0.316 e. The van der Waals surface area contributed by atoms with E-state index in [1.807, 2.05) is 0 Å². The number of halogens is 1. The standard InChI is InChI=1S/C14H26ClN/c1-11(9-15)3-2-6-16-10-14-8-12-4-5-13(14)7-12/h11-14,16H,2-10H2,1H3. The zero-order valence-corrected chi connectivity index (χ0v) is 11.3. The number of alkyl halides is 1. The Labute approximate surface area is 105 Å². The van der Waals surface area contributed by atoms with E-state index in [1.165, 1.54) is 51.6 Å². The van der Waals surface area contributed by atoms with Gasteiger partial charge in [-0.15, -0.1) is 11.6 Å². The first kappa shape index (κ1) is 12.7. The van der Waals surface area contributed by atoms with Crippen molar-refractivity contribution in [1.82, 2.24) is 5.32 Å². The Kier molecular flexibility index (Phi) is 4.97. The number of hydrogen-bond donors (Lipinski definition) is 1. The molecule has 0 spiro atoms. The molecule has 0 aliphatic heterocycles. The van der Waals surface area contributed by atoms with Gasteiger partial charge in [-0.05, 0) is 68.9 Å². The number of hydrogen-bond acceptors (Lipinski definition) is 1. The Morgan fingerprint density at radius 2 is 2.19 bits per heavy atom. The van der Waals surface area contributed by atoms with Gasteiger partial charge in [0, 0.05) is 5.88 Å². The number of nitrogens with one attached hydrogen (secondary N) is 1. The maximum Gasteiger partial charge on any atom is 0.0249 e. The highest BCUT2D eigenvalue weighted by Crippen LogP contribution is 2.47. The van der Waals surface area contributed by atoms with Gasteiger partial charge < -0.3 is 5.32 Å². The first-order valence-corrected chi connectivity index (χ1v) is 7.59. The first-order valence-electron chi connectivity index (χ1n) is 7.06. The summed E-state index contributed by atoms with van der Waals surface area (Å²) in [6, 6.07) is 0. The predicted octanol–water partition coefficient (Wildman–Crippen LogP) is 3.67. The molecule has 0 saturated heterocycles. The maximum absolute atomic E-state index is 5.79. The van der Waals surface area contributed by atoms with E-state index >= 15 is 0 Å². The summed E-state index contributed by atoms with van der Waals surface area (Å²) >= 11 is 5.79. The third-order valence-electron chi connectivity index (χ3n) is 4.60. The second kappa shape index (κ2) is 6.26. The molecule has 4 unspecified atom stereocenters. The lowest BCUT2D eigenvalue weighted by molar-refractivity contribution is 0.317. The smallest absolute Gasteiger partial charge is 0.0249 e. The fourth-order valence-electron chi connectivity index (χ4n) is 3.57. The lowest BCUT2D eigenvalue weighted by atomic mass is 9.89. The van der Waals surface area contributed by atoms with E-state index in [0.29, 0.717) is 5.92 Å². The maximum atomic E-state index is 5.79. The van der Waals surface area contributed by atoms with Crippen LogP contribution in [0.1, 0.15) is 45.4 Å². The lowest BCUT2D eigenvalue weighted by Gasteiger charge is -2.22. The van der Waals surface area contributed by atoms with E-state index < -0.39 is 0 Å². The number of fused-ring (bicyclic) bond motifs is 2. The molecule has 0 radical (unpaired) electrons. The van der Waals surface area contributed by atoms with Crippen molar-refractivity contribution in [1.29, 1.82) is 0 Å². The molecule has 0 aromatic heterocycles. The molecule has 1 nitrogen and oxygen atoms in total. The van der Waals surface area contributed by atoms with Gasteiger partial charge in [-0.1, -0.05) is 13.3 Å². The summed E-state index contributed by atoms with van der Waals surface area (Å²) in [6.07, 6.45) is 8.64. The van der Waals surface area contributed by atoms with E-state index in [-0.39, 0.29) is 0 Å². The quantitative estimate of drug-likeness (QED) is 0.532. The van der Waals surface area contributed by atoms with Crippen LogP contribution in [0.3, 0.4) is 0 Å². The average Bonchev–Trinajstić information content (AvgIpc) is 2.90. The third kappa shape index (κ3) is 3.37. The van der Waals surface area contributed by atoms with Crippen LogP contribution in [0.25, 0.3) is 0 Å². The van der Waals surface area contributed by atoms with Crippen LogP contribution in [0.15, 0.2) is 0 Å². The minimum Gasteiger partial charge on any atom is -0.316 e. The summed E-state index contributed by atoms with van der Waals surface area (Å²) in [5.74, 6) is 4.66. The van der Waals surface area contributed by atoms with Gasteiger partial charge in [0.15, 0.2) is 0 Å². The summed E-state index contributed by atoms with van der Waals surface area (Å²) in [4.78, 5) is 0. The summed E-state index contributed by atoms with van der Waals surface area (Å²) in [5, 5.41) is 3.65. The van der Waals surface area contributed by atoms with Crippen LogP contribution in [-0.4, -0.2) is 19.0 Å². The molecule has 1 N–H and O–H groups in total. The van der Waals surface area contributed by atoms with E-state index in [0.717, 1.165) is 23.6 Å². The van der Waals surface area contributed by atoms with Crippen molar-refractivity contribution < 1.29 is 0 Å². The molecule has 2 aliphatic carbocycles. The van der Waals surface area contributed by atoms with Gasteiger partial charge in [0.1, 0.15) is 0 Å². The van der Waals surface area contributed by atoms with Gasteiger partial charge in [0.05, 0.1) is 0 Å². The summed E-state index contributed by atoms with van der Waals surface area (Å²) in [7, 11) is 0. The molecule has 16 heavy (non-hydrogen) atoms. The average molecular weight is 244 g/mol. The summed E-state index contributed by atoms with van der Waals surface area (Å²) in [5.41, 5.74) is 0. The lowest BCUT2D eigenvalue weighted by Crippen LogP contribution is -2.27. The second-order valence-electron chi connectivity index (χ2n) is 6.04. The van der Waals surface area contributed by atoms with E-state index in [2.05, 4.69) is 12.2 Å². The topological polar surface area (TPSA) is 12.0 Å². The van der Waals surface area contributed by atoms with Gasteiger partial charge in [-0.25, -0.2) is 0 Å². The van der Waals surface area contributed by atoms with Gasteiger partial charge in [0.25, 0.3) is 0 Å². The third-order valence-corrected chi connectivity index (χ3v) is 5.13. The van der Waals surface area contributed by atoms with Gasteiger partial charge in [-0.2, -0.15) is 0 Å². The molecule has 2 saturated carbocycles. The molecule has 2 rings (SSSR count). The molecule has 0 heterocycles. The summed E-state index contributed by atoms with van der Waals surface area (Å²) in [6.45, 7) is 4.70. The van der Waals surface area contributed by atoms with Crippen LogP contribution in [0, 0.1) is 23.7 Å². The first-order chi connectivity index (χ1) is 7.79. The highest BCUT2D eigenvalue weighted by molar-refractivity contribution is 6.18. The monoisotopic (exact) mass is 243 g/mol. The van der Waals surface area contributed by atoms with E-state index in [4.69, 9.17) is 11.6 Å². The van der Waals surface area contributed by atoms with Crippen molar-refractivity contribution in [3.8, 4) is 0 Å². The molecular formula is C14H26ClN. The van der Waals surface area contributed by atoms with Crippen LogP contribution in [0.4, 0.5) is 0 Å². The Hall–Kier alpha value is 0.250. The van der Waals surface area contributed by atoms with Crippen LogP contribution in [0.5, 0.6) is 0 Å². The predicted molar refractivity (Wildman–Crippen MR) is 70.9 cm³/mol. The normalized spacial score (nSPS) is 34.5. The van der Waals surface area contributed by atoms with Crippen molar-refractivity contribution in [3.05, 3.63) is 0 Å². The zero-order valence-electron chi connectivity index (χ0n) is 10.6. The Balaban J connectivity index is 1.49. The SMILES string of the molecule is CC(CCl)CCCNCC1CC2CCC1C2. The molecule has 94 valence electrons. The van der Waals surface area contributed by atoms with E-state index in [9.17, 15) is 0 Å². The molecule has 4 atom stereocenters. The molecule has 0 aromatic carbocycles. The van der Waals surface area contributed by atoms with Crippen LogP contribution >= 0.6 is 11.6 Å². The molecular weight excluding hydrogens is 218 g/mol. The van der Waals surface area contributed by atoms with Crippen LogP contribution < -0.4 is 5.32 Å². The Morgan fingerprint density at radius 3 is 2.81 bits per heavy atom. The zero-order chi connectivity index (χ0) is 11.4. The Morgan fingerprint density at radius 1 is 1.31 bits per heavy atom. The highest BCUT2D eigenvalue weighted by atomic mass is 35.5. The molecule has 2 fully saturated rings.